The summed E-state index contributed by atoms with van der Waals surface area (Å²) in [6, 6.07) is 14.4. The average Bonchev–Trinajstić information content (AvgIpc) is 2.42. The van der Waals surface area contributed by atoms with Gasteiger partial charge in [-0.3, -0.25) is 0 Å². The zero-order chi connectivity index (χ0) is 15.2. The van der Waals surface area contributed by atoms with Crippen molar-refractivity contribution in [3.05, 3.63) is 63.1 Å². The molecule has 0 amide bonds. The van der Waals surface area contributed by atoms with E-state index in [0.29, 0.717) is 11.6 Å². The smallest absolute Gasteiger partial charge is 0.152 e. The van der Waals surface area contributed by atoms with E-state index in [1.165, 1.54) is 10.5 Å². The number of rotatable bonds is 6. The van der Waals surface area contributed by atoms with Crippen molar-refractivity contribution in [3.63, 3.8) is 0 Å². The van der Waals surface area contributed by atoms with Crippen LogP contribution in [0.15, 0.2) is 46.9 Å². The number of ether oxygens (including phenoxy) is 1. The highest BCUT2D eigenvalue weighted by Crippen LogP contribution is 2.34. The van der Waals surface area contributed by atoms with Gasteiger partial charge in [-0.05, 0) is 40.5 Å². The Hall–Kier alpha value is -1.03. The van der Waals surface area contributed by atoms with Crippen molar-refractivity contribution in [3.8, 4) is 5.75 Å². The van der Waals surface area contributed by atoms with Crippen LogP contribution in [0.4, 0.5) is 0 Å². The lowest BCUT2D eigenvalue weighted by Gasteiger charge is -2.16. The van der Waals surface area contributed by atoms with Crippen molar-refractivity contribution in [1.29, 1.82) is 0 Å². The molecule has 0 saturated carbocycles. The molecule has 1 atom stereocenters. The van der Waals surface area contributed by atoms with Crippen molar-refractivity contribution in [2.75, 3.05) is 20.2 Å². The molecule has 1 N–H and O–H groups in total. The number of quaternary nitrogens is 1. The predicted octanol–water partition coefficient (Wildman–Crippen LogP) is 3.50. The molecule has 2 aromatic rings. The van der Waals surface area contributed by atoms with Crippen LogP contribution in [0.3, 0.4) is 0 Å². The van der Waals surface area contributed by atoms with E-state index in [1.54, 1.807) is 0 Å². The van der Waals surface area contributed by atoms with Crippen LogP contribution in [0.2, 0.25) is 5.02 Å². The zero-order valence-corrected chi connectivity index (χ0v) is 14.7. The number of hydrogen-bond donors (Lipinski definition) is 1. The average molecular weight is 370 g/mol. The van der Waals surface area contributed by atoms with Crippen LogP contribution in [-0.2, 0) is 6.54 Å². The zero-order valence-electron chi connectivity index (χ0n) is 12.3. The second-order valence-electron chi connectivity index (χ2n) is 5.28. The lowest BCUT2D eigenvalue weighted by atomic mass is 10.2. The Morgan fingerprint density at radius 1 is 1.19 bits per heavy atom. The van der Waals surface area contributed by atoms with Crippen LogP contribution in [0.25, 0.3) is 0 Å². The predicted molar refractivity (Wildman–Crippen MR) is 91.3 cm³/mol. The molecule has 2 nitrogen and oxygen atoms in total. The minimum atomic E-state index is 0.639. The van der Waals surface area contributed by atoms with E-state index in [4.69, 9.17) is 16.3 Å². The summed E-state index contributed by atoms with van der Waals surface area (Å²) in [6.45, 7) is 4.57. The SMILES string of the molecule is Cc1cc(Cl)c(OCC[NH+](C)Cc2ccccc2)c(Br)c1. The van der Waals surface area contributed by atoms with Gasteiger partial charge in [0.2, 0.25) is 0 Å². The fourth-order valence-corrected chi connectivity index (χ4v) is 3.32. The maximum atomic E-state index is 6.22. The summed E-state index contributed by atoms with van der Waals surface area (Å²) < 4.78 is 6.74. The van der Waals surface area contributed by atoms with Crippen LogP contribution in [0.1, 0.15) is 11.1 Å². The molecular weight excluding hydrogens is 350 g/mol. The van der Waals surface area contributed by atoms with Gasteiger partial charge >= 0.3 is 0 Å². The monoisotopic (exact) mass is 368 g/mol. The summed E-state index contributed by atoms with van der Waals surface area (Å²) in [5.41, 5.74) is 2.45. The Morgan fingerprint density at radius 3 is 2.57 bits per heavy atom. The van der Waals surface area contributed by atoms with Gasteiger partial charge in [-0.15, -0.1) is 0 Å². The molecule has 0 aliphatic heterocycles. The third-order valence-electron chi connectivity index (χ3n) is 3.27. The third kappa shape index (κ3) is 5.03. The molecule has 0 radical (unpaired) electrons. The molecule has 1 unspecified atom stereocenters. The molecule has 112 valence electrons. The van der Waals surface area contributed by atoms with E-state index in [2.05, 4.69) is 47.2 Å². The Balaban J connectivity index is 1.84. The van der Waals surface area contributed by atoms with E-state index < -0.39 is 0 Å². The molecule has 4 heteroatoms. The Kier molecular flexibility index (Phi) is 6.09. The standard InChI is InChI=1S/C17H19BrClNO/c1-13-10-15(18)17(16(19)11-13)21-9-8-20(2)12-14-6-4-3-5-7-14/h3-7,10-11H,8-9,12H2,1-2H3/p+1. The fraction of sp³-hybridized carbons (Fsp3) is 0.294. The molecule has 0 saturated heterocycles. The highest BCUT2D eigenvalue weighted by atomic mass is 79.9. The van der Waals surface area contributed by atoms with E-state index in [9.17, 15) is 0 Å². The van der Waals surface area contributed by atoms with Crippen LogP contribution in [0.5, 0.6) is 5.75 Å². The molecule has 0 aliphatic carbocycles. The van der Waals surface area contributed by atoms with E-state index in [-0.39, 0.29) is 0 Å². The van der Waals surface area contributed by atoms with Crippen LogP contribution in [-0.4, -0.2) is 20.2 Å². The van der Waals surface area contributed by atoms with Crippen LogP contribution < -0.4 is 9.64 Å². The topological polar surface area (TPSA) is 13.7 Å². The minimum Gasteiger partial charge on any atom is -0.485 e. The second-order valence-corrected chi connectivity index (χ2v) is 6.54. The van der Waals surface area contributed by atoms with Gasteiger partial charge in [-0.1, -0.05) is 41.9 Å². The fourth-order valence-electron chi connectivity index (χ4n) is 2.18. The first-order valence-electron chi connectivity index (χ1n) is 7.00. The molecule has 2 aromatic carbocycles. The maximum absolute atomic E-state index is 6.22. The first-order chi connectivity index (χ1) is 10.1. The first kappa shape index (κ1) is 16.3. The number of benzene rings is 2. The van der Waals surface area contributed by atoms with Gasteiger partial charge in [0.15, 0.2) is 5.75 Å². The van der Waals surface area contributed by atoms with Crippen molar-refractivity contribution < 1.29 is 9.64 Å². The molecule has 0 fully saturated rings. The van der Waals surface area contributed by atoms with Gasteiger partial charge in [-0.25, -0.2) is 0 Å². The molecule has 0 heterocycles. The maximum Gasteiger partial charge on any atom is 0.152 e. The van der Waals surface area contributed by atoms with Gasteiger partial charge in [0.25, 0.3) is 0 Å². The number of likely N-dealkylation sites (N-methyl/N-ethyl adjacent to an activating group) is 1. The number of halogens is 2. The number of nitrogens with one attached hydrogen (secondary N) is 1. The highest BCUT2D eigenvalue weighted by molar-refractivity contribution is 9.10. The third-order valence-corrected chi connectivity index (χ3v) is 4.14. The van der Waals surface area contributed by atoms with Gasteiger partial charge in [-0.2, -0.15) is 0 Å². The Morgan fingerprint density at radius 2 is 1.90 bits per heavy atom. The quantitative estimate of drug-likeness (QED) is 0.823. The molecular formula is C17H20BrClNO+. The van der Waals surface area contributed by atoms with Crippen molar-refractivity contribution >= 4 is 27.5 Å². The van der Waals surface area contributed by atoms with Crippen LogP contribution >= 0.6 is 27.5 Å². The highest BCUT2D eigenvalue weighted by Gasteiger charge is 2.09. The first-order valence-corrected chi connectivity index (χ1v) is 8.17. The second kappa shape index (κ2) is 7.83. The molecule has 0 spiro atoms. The van der Waals surface area contributed by atoms with Gasteiger partial charge in [0.05, 0.1) is 16.5 Å². The van der Waals surface area contributed by atoms with Crippen molar-refractivity contribution in [1.82, 2.24) is 0 Å². The molecule has 21 heavy (non-hydrogen) atoms. The summed E-state index contributed by atoms with van der Waals surface area (Å²) in [5, 5.41) is 0.655. The number of hydrogen-bond acceptors (Lipinski definition) is 1. The minimum absolute atomic E-state index is 0.639. The molecule has 0 aliphatic rings. The summed E-state index contributed by atoms with van der Waals surface area (Å²) >= 11 is 9.72. The summed E-state index contributed by atoms with van der Waals surface area (Å²) in [6.07, 6.45) is 0. The van der Waals surface area contributed by atoms with Gasteiger partial charge in [0.1, 0.15) is 19.7 Å². The Labute approximate surface area is 139 Å². The summed E-state index contributed by atoms with van der Waals surface area (Å²) in [5.74, 6) is 0.731. The lowest BCUT2D eigenvalue weighted by molar-refractivity contribution is -0.893. The van der Waals surface area contributed by atoms with Gasteiger partial charge in [0, 0.05) is 5.56 Å². The number of aryl methyl sites for hydroxylation is 1. The summed E-state index contributed by atoms with van der Waals surface area (Å²) in [4.78, 5) is 1.40. The van der Waals surface area contributed by atoms with Gasteiger partial charge < -0.3 is 9.64 Å². The normalized spacial score (nSPS) is 12.2. The van der Waals surface area contributed by atoms with E-state index in [1.807, 2.05) is 25.1 Å². The lowest BCUT2D eigenvalue weighted by Crippen LogP contribution is -3.08. The largest absolute Gasteiger partial charge is 0.485 e. The summed E-state index contributed by atoms with van der Waals surface area (Å²) in [7, 11) is 2.17. The Bertz CT molecular complexity index is 566. The molecule has 2 rings (SSSR count). The van der Waals surface area contributed by atoms with E-state index >= 15 is 0 Å². The molecule has 0 aromatic heterocycles. The van der Waals surface area contributed by atoms with Crippen LogP contribution in [0, 0.1) is 6.92 Å². The van der Waals surface area contributed by atoms with Crippen molar-refractivity contribution in [2.24, 2.45) is 0 Å². The van der Waals surface area contributed by atoms with Crippen molar-refractivity contribution in [2.45, 2.75) is 13.5 Å². The van der Waals surface area contributed by atoms with E-state index in [0.717, 1.165) is 28.9 Å². The molecule has 0 bridgehead atoms.